The number of nitrogens with one attached hydrogen (secondary N) is 1. The van der Waals surface area contributed by atoms with Crippen LogP contribution in [0.25, 0.3) is 0 Å². The van der Waals surface area contributed by atoms with E-state index in [9.17, 15) is 5.26 Å². The smallest absolute Gasteiger partial charge is 0.148 e. The van der Waals surface area contributed by atoms with Crippen molar-refractivity contribution in [2.24, 2.45) is 0 Å². The monoisotopic (exact) mass is 238 g/mol. The Morgan fingerprint density at radius 1 is 1.50 bits per heavy atom. The van der Waals surface area contributed by atoms with E-state index < -0.39 is 5.54 Å². The molecule has 0 aromatic heterocycles. The number of nitrogens with zero attached hydrogens (tertiary/aromatic N) is 1. The lowest BCUT2D eigenvalue weighted by Gasteiger charge is -2.27. The number of para-hydroxylation sites is 1. The summed E-state index contributed by atoms with van der Waals surface area (Å²) in [6, 6.07) is 9.61. The number of anilines is 1. The fourth-order valence-electron chi connectivity index (χ4n) is 1.43. The summed E-state index contributed by atoms with van der Waals surface area (Å²) < 4.78 is 5.07. The van der Waals surface area contributed by atoms with Crippen molar-refractivity contribution < 1.29 is 4.74 Å². The molecule has 0 aliphatic carbocycles. The standard InChI is InChI=1S/C12H15ClN2O/c1-3-12(8-14,9-16-2)15-11-7-5-4-6-10(11)13/h4-7,15H,3,9H2,1-2H3. The molecule has 0 fully saturated rings. The van der Waals surface area contributed by atoms with Crippen LogP contribution < -0.4 is 5.32 Å². The Kier molecular flexibility index (Phi) is 4.60. The molecule has 0 aliphatic heterocycles. The molecular weight excluding hydrogens is 224 g/mol. The second-order valence-corrected chi connectivity index (χ2v) is 3.99. The summed E-state index contributed by atoms with van der Waals surface area (Å²) in [7, 11) is 1.58. The van der Waals surface area contributed by atoms with Crippen LogP contribution in [0.5, 0.6) is 0 Å². The van der Waals surface area contributed by atoms with Crippen LogP contribution in [0.15, 0.2) is 24.3 Å². The highest BCUT2D eigenvalue weighted by Crippen LogP contribution is 2.25. The Balaban J connectivity index is 2.93. The normalized spacial score (nSPS) is 13.9. The van der Waals surface area contributed by atoms with E-state index in [2.05, 4.69) is 11.4 Å². The maximum atomic E-state index is 9.22. The molecule has 0 amide bonds. The summed E-state index contributed by atoms with van der Waals surface area (Å²) in [5.41, 5.74) is 0.0318. The number of halogens is 1. The van der Waals surface area contributed by atoms with Crippen molar-refractivity contribution in [1.82, 2.24) is 0 Å². The van der Waals surface area contributed by atoms with Gasteiger partial charge in [0.15, 0.2) is 0 Å². The van der Waals surface area contributed by atoms with Crippen molar-refractivity contribution in [2.75, 3.05) is 19.0 Å². The zero-order chi connectivity index (χ0) is 12.0. The lowest BCUT2D eigenvalue weighted by molar-refractivity contribution is 0.162. The highest BCUT2D eigenvalue weighted by molar-refractivity contribution is 6.33. The van der Waals surface area contributed by atoms with Gasteiger partial charge in [0.1, 0.15) is 5.54 Å². The van der Waals surface area contributed by atoms with Gasteiger partial charge in [-0.2, -0.15) is 5.26 Å². The maximum absolute atomic E-state index is 9.22. The Morgan fingerprint density at radius 2 is 2.19 bits per heavy atom. The van der Waals surface area contributed by atoms with Gasteiger partial charge in [0.05, 0.1) is 23.4 Å². The number of nitriles is 1. The number of ether oxygens (including phenoxy) is 1. The molecule has 1 aromatic carbocycles. The van der Waals surface area contributed by atoms with E-state index in [4.69, 9.17) is 16.3 Å². The van der Waals surface area contributed by atoms with Crippen LogP contribution in [0.1, 0.15) is 13.3 Å². The van der Waals surface area contributed by atoms with Gasteiger partial charge in [-0.3, -0.25) is 0 Å². The summed E-state index contributed by atoms with van der Waals surface area (Å²) in [6.45, 7) is 2.26. The largest absolute Gasteiger partial charge is 0.381 e. The topological polar surface area (TPSA) is 45.0 Å². The van der Waals surface area contributed by atoms with Crippen LogP contribution in [-0.2, 0) is 4.74 Å². The molecule has 1 rings (SSSR count). The van der Waals surface area contributed by atoms with Gasteiger partial charge in [0.25, 0.3) is 0 Å². The molecule has 0 bridgehead atoms. The number of methoxy groups -OCH3 is 1. The van der Waals surface area contributed by atoms with E-state index >= 15 is 0 Å². The van der Waals surface area contributed by atoms with E-state index in [1.54, 1.807) is 13.2 Å². The van der Waals surface area contributed by atoms with Crippen LogP contribution in [0.3, 0.4) is 0 Å². The third-order valence-electron chi connectivity index (χ3n) is 2.46. The van der Waals surface area contributed by atoms with Crippen molar-refractivity contribution in [3.05, 3.63) is 29.3 Å². The van der Waals surface area contributed by atoms with E-state index in [0.717, 1.165) is 5.69 Å². The second kappa shape index (κ2) is 5.74. The van der Waals surface area contributed by atoms with Gasteiger partial charge in [-0.25, -0.2) is 0 Å². The Hall–Kier alpha value is -1.24. The second-order valence-electron chi connectivity index (χ2n) is 3.59. The molecule has 4 heteroatoms. The van der Waals surface area contributed by atoms with E-state index in [1.807, 2.05) is 25.1 Å². The van der Waals surface area contributed by atoms with Crippen molar-refractivity contribution in [2.45, 2.75) is 18.9 Å². The highest BCUT2D eigenvalue weighted by Gasteiger charge is 2.28. The van der Waals surface area contributed by atoms with E-state index in [-0.39, 0.29) is 0 Å². The maximum Gasteiger partial charge on any atom is 0.148 e. The minimum Gasteiger partial charge on any atom is -0.381 e. The molecular formula is C12H15ClN2O. The van der Waals surface area contributed by atoms with Gasteiger partial charge >= 0.3 is 0 Å². The van der Waals surface area contributed by atoms with Crippen molar-refractivity contribution in [3.8, 4) is 6.07 Å². The summed E-state index contributed by atoms with van der Waals surface area (Å²) in [6.07, 6.45) is 0.641. The number of hydrogen-bond donors (Lipinski definition) is 1. The minimum atomic E-state index is -0.722. The predicted octanol–water partition coefficient (Wildman–Crippen LogP) is 3.07. The molecule has 3 nitrogen and oxygen atoms in total. The Bertz CT molecular complexity index is 389. The van der Waals surface area contributed by atoms with Crippen molar-refractivity contribution in [1.29, 1.82) is 5.26 Å². The molecule has 1 N–H and O–H groups in total. The molecule has 0 saturated heterocycles. The van der Waals surface area contributed by atoms with E-state index in [1.165, 1.54) is 0 Å². The summed E-state index contributed by atoms with van der Waals surface area (Å²) >= 11 is 6.03. The summed E-state index contributed by atoms with van der Waals surface area (Å²) in [4.78, 5) is 0. The Morgan fingerprint density at radius 3 is 2.69 bits per heavy atom. The first-order valence-corrected chi connectivity index (χ1v) is 5.48. The molecule has 0 heterocycles. The first-order valence-electron chi connectivity index (χ1n) is 5.10. The molecule has 0 spiro atoms. The van der Waals surface area contributed by atoms with Gasteiger partial charge in [-0.1, -0.05) is 30.7 Å². The third kappa shape index (κ3) is 2.88. The van der Waals surface area contributed by atoms with Gasteiger partial charge in [-0.05, 0) is 18.6 Å². The first-order chi connectivity index (χ1) is 7.67. The average molecular weight is 239 g/mol. The molecule has 1 atom stereocenters. The fraction of sp³-hybridized carbons (Fsp3) is 0.417. The third-order valence-corrected chi connectivity index (χ3v) is 2.79. The number of hydrogen-bond acceptors (Lipinski definition) is 3. The van der Waals surface area contributed by atoms with Crippen LogP contribution in [0.4, 0.5) is 5.69 Å². The molecule has 1 unspecified atom stereocenters. The molecule has 0 aliphatic rings. The van der Waals surface area contributed by atoms with Gasteiger partial charge in [0.2, 0.25) is 0 Å². The number of benzene rings is 1. The zero-order valence-corrected chi connectivity index (χ0v) is 10.2. The molecule has 86 valence electrons. The summed E-state index contributed by atoms with van der Waals surface area (Å²) in [5.74, 6) is 0. The number of rotatable bonds is 5. The Labute approximate surface area is 101 Å². The van der Waals surface area contributed by atoms with Crippen LogP contribution in [0.2, 0.25) is 5.02 Å². The van der Waals surface area contributed by atoms with Crippen LogP contribution >= 0.6 is 11.6 Å². The quantitative estimate of drug-likeness (QED) is 0.858. The first kappa shape index (κ1) is 12.8. The minimum absolute atomic E-state index is 0.325. The molecule has 0 radical (unpaired) electrons. The molecule has 0 saturated carbocycles. The van der Waals surface area contributed by atoms with Crippen LogP contribution in [0, 0.1) is 11.3 Å². The highest BCUT2D eigenvalue weighted by atomic mass is 35.5. The van der Waals surface area contributed by atoms with Crippen LogP contribution in [-0.4, -0.2) is 19.3 Å². The zero-order valence-electron chi connectivity index (χ0n) is 9.46. The molecule has 16 heavy (non-hydrogen) atoms. The van der Waals surface area contributed by atoms with Gasteiger partial charge < -0.3 is 10.1 Å². The summed E-state index contributed by atoms with van der Waals surface area (Å²) in [5, 5.41) is 13.0. The SMILES string of the molecule is CCC(C#N)(COC)Nc1ccccc1Cl. The lowest BCUT2D eigenvalue weighted by Crippen LogP contribution is -2.40. The molecule has 1 aromatic rings. The van der Waals surface area contributed by atoms with Crippen molar-refractivity contribution >= 4 is 17.3 Å². The lowest BCUT2D eigenvalue weighted by atomic mass is 9.99. The van der Waals surface area contributed by atoms with E-state index in [0.29, 0.717) is 18.1 Å². The fourth-order valence-corrected chi connectivity index (χ4v) is 1.62. The van der Waals surface area contributed by atoms with Crippen molar-refractivity contribution in [3.63, 3.8) is 0 Å². The van der Waals surface area contributed by atoms with Gasteiger partial charge in [-0.15, -0.1) is 0 Å². The van der Waals surface area contributed by atoms with Gasteiger partial charge in [0, 0.05) is 7.11 Å². The predicted molar refractivity (Wildman–Crippen MR) is 65.6 cm³/mol. The average Bonchev–Trinajstić information content (AvgIpc) is 2.31.